The molecule has 0 aliphatic rings. The molecule has 86 valence electrons. The summed E-state index contributed by atoms with van der Waals surface area (Å²) < 4.78 is 1.63. The Balaban J connectivity index is 2.90. The van der Waals surface area contributed by atoms with Crippen molar-refractivity contribution in [3.63, 3.8) is 0 Å². The van der Waals surface area contributed by atoms with Crippen molar-refractivity contribution in [2.24, 2.45) is 0 Å². The minimum absolute atomic E-state index is 0.478. The molecule has 1 aromatic rings. The van der Waals surface area contributed by atoms with E-state index in [4.69, 9.17) is 0 Å². The smallest absolute Gasteiger partial charge is 0.126 e. The molecule has 0 saturated heterocycles. The average molecular weight is 213 g/mol. The Morgan fingerprint density at radius 3 is 2.73 bits per heavy atom. The third kappa shape index (κ3) is 2.54. The summed E-state index contributed by atoms with van der Waals surface area (Å²) in [6.45, 7) is 6.17. The first-order valence-corrected chi connectivity index (χ1v) is 5.31. The Morgan fingerprint density at radius 2 is 2.20 bits per heavy atom. The number of aliphatic hydroxyl groups excluding tert-OH is 1. The van der Waals surface area contributed by atoms with E-state index in [0.717, 1.165) is 6.42 Å². The predicted octanol–water partition coefficient (Wildman–Crippen LogP) is 0.882. The monoisotopic (exact) mass is 213 g/mol. The van der Waals surface area contributed by atoms with Gasteiger partial charge < -0.3 is 10.2 Å². The minimum Gasteiger partial charge on any atom is -0.387 e. The molecule has 5 nitrogen and oxygen atoms in total. The van der Waals surface area contributed by atoms with Gasteiger partial charge in [0.15, 0.2) is 0 Å². The van der Waals surface area contributed by atoms with Crippen LogP contribution in [0.3, 0.4) is 0 Å². The van der Waals surface area contributed by atoms with Crippen molar-refractivity contribution >= 4 is 0 Å². The van der Waals surface area contributed by atoms with E-state index in [2.05, 4.69) is 10.3 Å². The van der Waals surface area contributed by atoms with Crippen molar-refractivity contribution in [2.75, 3.05) is 0 Å². The zero-order valence-electron chi connectivity index (χ0n) is 9.51. The van der Waals surface area contributed by atoms with Gasteiger partial charge in [-0.25, -0.2) is 4.68 Å². The molecule has 0 aliphatic heterocycles. The van der Waals surface area contributed by atoms with Crippen LogP contribution in [0.4, 0.5) is 0 Å². The van der Waals surface area contributed by atoms with Gasteiger partial charge in [-0.05, 0) is 19.8 Å². The predicted molar refractivity (Wildman–Crippen MR) is 56.2 cm³/mol. The van der Waals surface area contributed by atoms with E-state index in [1.54, 1.807) is 11.6 Å². The molecular weight excluding hydrogens is 194 g/mol. The van der Waals surface area contributed by atoms with Gasteiger partial charge in [0.2, 0.25) is 0 Å². The quantitative estimate of drug-likeness (QED) is 0.761. The normalized spacial score (nSPS) is 17.4. The fraction of sp³-hybridized carbons (Fsp3) is 0.800. The molecular formula is C10H19N3O2. The first-order chi connectivity index (χ1) is 7.03. The molecule has 2 N–H and O–H groups in total. The van der Waals surface area contributed by atoms with Crippen molar-refractivity contribution in [3.05, 3.63) is 11.9 Å². The molecule has 1 rings (SSSR count). The van der Waals surface area contributed by atoms with Crippen LogP contribution in [0.25, 0.3) is 0 Å². The van der Waals surface area contributed by atoms with Crippen molar-refractivity contribution in [1.29, 1.82) is 0 Å². The van der Waals surface area contributed by atoms with Crippen LogP contribution in [-0.2, 0) is 6.54 Å². The molecule has 2 unspecified atom stereocenters. The van der Waals surface area contributed by atoms with Crippen LogP contribution in [-0.4, -0.2) is 30.8 Å². The summed E-state index contributed by atoms with van der Waals surface area (Å²) in [7, 11) is 0. The summed E-state index contributed by atoms with van der Waals surface area (Å²) in [5.41, 5.74) is -0.559. The average Bonchev–Trinajstić information content (AvgIpc) is 2.65. The molecule has 1 heterocycles. The molecule has 15 heavy (non-hydrogen) atoms. The summed E-state index contributed by atoms with van der Waals surface area (Å²) in [5.74, 6) is 0. The highest BCUT2D eigenvalue weighted by molar-refractivity contribution is 5.05. The van der Waals surface area contributed by atoms with Crippen LogP contribution < -0.4 is 0 Å². The van der Waals surface area contributed by atoms with Crippen LogP contribution in [0.5, 0.6) is 0 Å². The standard InChI is InChI=1S/C10H19N3O2/c1-4-6-13-8(7-11-12-13)9(14)10(3,15)5-2/h7,9,14-15H,4-6H2,1-3H3. The van der Waals surface area contributed by atoms with E-state index >= 15 is 0 Å². The fourth-order valence-corrected chi connectivity index (χ4v) is 1.37. The molecule has 1 aromatic heterocycles. The van der Waals surface area contributed by atoms with Crippen molar-refractivity contribution < 1.29 is 10.2 Å². The second-order valence-electron chi connectivity index (χ2n) is 4.00. The van der Waals surface area contributed by atoms with Gasteiger partial charge in [-0.1, -0.05) is 19.1 Å². The number of aliphatic hydroxyl groups is 2. The molecule has 0 aliphatic carbocycles. The van der Waals surface area contributed by atoms with Crippen LogP contribution in [0.1, 0.15) is 45.4 Å². The molecule has 0 bridgehead atoms. The molecule has 2 atom stereocenters. The van der Waals surface area contributed by atoms with Crippen molar-refractivity contribution in [2.45, 2.75) is 51.9 Å². The lowest BCUT2D eigenvalue weighted by Crippen LogP contribution is -2.33. The maximum absolute atomic E-state index is 9.99. The maximum atomic E-state index is 9.99. The van der Waals surface area contributed by atoms with E-state index < -0.39 is 11.7 Å². The van der Waals surface area contributed by atoms with Gasteiger partial charge in [-0.2, -0.15) is 0 Å². The van der Waals surface area contributed by atoms with E-state index in [9.17, 15) is 10.2 Å². The Morgan fingerprint density at radius 1 is 1.53 bits per heavy atom. The summed E-state index contributed by atoms with van der Waals surface area (Å²) >= 11 is 0. The molecule has 0 fully saturated rings. The van der Waals surface area contributed by atoms with E-state index in [0.29, 0.717) is 18.7 Å². The summed E-state index contributed by atoms with van der Waals surface area (Å²) in [6, 6.07) is 0. The number of rotatable bonds is 5. The van der Waals surface area contributed by atoms with Gasteiger partial charge in [0.25, 0.3) is 0 Å². The van der Waals surface area contributed by atoms with E-state index in [1.807, 2.05) is 13.8 Å². The SMILES string of the molecule is CCCn1nncc1C(O)C(C)(O)CC. The molecule has 0 spiro atoms. The summed E-state index contributed by atoms with van der Waals surface area (Å²) in [6.07, 6.45) is 1.96. The van der Waals surface area contributed by atoms with Crippen LogP contribution in [0.15, 0.2) is 6.20 Å². The number of aryl methyl sites for hydroxylation is 1. The molecule has 5 heteroatoms. The van der Waals surface area contributed by atoms with Gasteiger partial charge in [0, 0.05) is 6.54 Å². The maximum Gasteiger partial charge on any atom is 0.126 e. The van der Waals surface area contributed by atoms with Crippen molar-refractivity contribution in [1.82, 2.24) is 15.0 Å². The first-order valence-electron chi connectivity index (χ1n) is 5.31. The molecule has 0 saturated carbocycles. The fourth-order valence-electron chi connectivity index (χ4n) is 1.37. The number of aromatic nitrogens is 3. The van der Waals surface area contributed by atoms with Gasteiger partial charge in [0.1, 0.15) is 6.10 Å². The lowest BCUT2D eigenvalue weighted by atomic mass is 9.94. The Kier molecular flexibility index (Phi) is 3.82. The second-order valence-corrected chi connectivity index (χ2v) is 4.00. The Bertz CT molecular complexity index is 309. The molecule has 0 aromatic carbocycles. The highest BCUT2D eigenvalue weighted by Gasteiger charge is 2.32. The first kappa shape index (κ1) is 12.1. The molecule has 0 radical (unpaired) electrons. The van der Waals surface area contributed by atoms with Gasteiger partial charge in [-0.15, -0.1) is 5.10 Å². The van der Waals surface area contributed by atoms with E-state index in [1.165, 1.54) is 6.20 Å². The van der Waals surface area contributed by atoms with Crippen LogP contribution >= 0.6 is 0 Å². The number of hydrogen-bond acceptors (Lipinski definition) is 4. The number of hydrogen-bond donors (Lipinski definition) is 2. The zero-order chi connectivity index (χ0) is 11.5. The highest BCUT2D eigenvalue weighted by Crippen LogP contribution is 2.27. The van der Waals surface area contributed by atoms with E-state index in [-0.39, 0.29) is 0 Å². The number of nitrogens with zero attached hydrogens (tertiary/aromatic N) is 3. The van der Waals surface area contributed by atoms with Gasteiger partial charge in [0.05, 0.1) is 17.5 Å². The highest BCUT2D eigenvalue weighted by atomic mass is 16.3. The third-order valence-corrected chi connectivity index (χ3v) is 2.67. The third-order valence-electron chi connectivity index (χ3n) is 2.67. The largest absolute Gasteiger partial charge is 0.387 e. The molecule has 0 amide bonds. The van der Waals surface area contributed by atoms with Gasteiger partial charge in [-0.3, -0.25) is 0 Å². The lowest BCUT2D eigenvalue weighted by molar-refractivity contribution is -0.0697. The zero-order valence-corrected chi connectivity index (χ0v) is 9.51. The Labute approximate surface area is 89.7 Å². The Hall–Kier alpha value is -0.940. The van der Waals surface area contributed by atoms with Crippen molar-refractivity contribution in [3.8, 4) is 0 Å². The summed E-state index contributed by atoms with van der Waals surface area (Å²) in [5, 5.41) is 27.6. The summed E-state index contributed by atoms with van der Waals surface area (Å²) in [4.78, 5) is 0. The lowest BCUT2D eigenvalue weighted by Gasteiger charge is -2.27. The van der Waals surface area contributed by atoms with Crippen LogP contribution in [0.2, 0.25) is 0 Å². The van der Waals surface area contributed by atoms with Crippen LogP contribution in [0, 0.1) is 0 Å². The minimum atomic E-state index is -1.13. The topological polar surface area (TPSA) is 71.2 Å². The van der Waals surface area contributed by atoms with Gasteiger partial charge >= 0.3 is 0 Å². The second kappa shape index (κ2) is 4.72.